The molecule has 0 aliphatic carbocycles. The van der Waals surface area contributed by atoms with Crippen LogP contribution in [0.3, 0.4) is 0 Å². The number of nitrogens with zero attached hydrogens (tertiary/aromatic N) is 1. The van der Waals surface area contributed by atoms with E-state index >= 15 is 0 Å². The van der Waals surface area contributed by atoms with Crippen LogP contribution >= 0.6 is 0 Å². The molecule has 0 aliphatic heterocycles. The van der Waals surface area contributed by atoms with Crippen molar-refractivity contribution in [2.45, 2.75) is 6.42 Å². The number of fused-ring (bicyclic) bond motifs is 3. The van der Waals surface area contributed by atoms with Gasteiger partial charge in [-0.2, -0.15) is 0 Å². The predicted octanol–water partition coefficient (Wildman–Crippen LogP) is 3.67. The Hall–Kier alpha value is -2.94. The average Bonchev–Trinajstić information content (AvgIpc) is 2.56. The van der Waals surface area contributed by atoms with Crippen LogP contribution < -0.4 is 5.56 Å². The van der Waals surface area contributed by atoms with Gasteiger partial charge in [0.25, 0.3) is 5.56 Å². The van der Waals surface area contributed by atoms with E-state index in [1.165, 1.54) is 0 Å². The van der Waals surface area contributed by atoms with Crippen molar-refractivity contribution < 1.29 is 0 Å². The minimum absolute atomic E-state index is 0.0818. The van der Waals surface area contributed by atoms with E-state index in [-0.39, 0.29) is 5.56 Å². The lowest BCUT2D eigenvalue weighted by molar-refractivity contribution is 0.975. The van der Waals surface area contributed by atoms with Crippen LogP contribution in [-0.4, -0.2) is 9.97 Å². The second-order valence-electron chi connectivity index (χ2n) is 5.36. The Morgan fingerprint density at radius 2 is 1.59 bits per heavy atom. The van der Waals surface area contributed by atoms with Crippen LogP contribution in [0.5, 0.6) is 0 Å². The number of hydrogen-bond acceptors (Lipinski definition) is 2. The third-order valence-corrected chi connectivity index (χ3v) is 3.86. The minimum Gasteiger partial charge on any atom is -0.310 e. The molecule has 0 aliphatic rings. The van der Waals surface area contributed by atoms with Crippen LogP contribution in [0.15, 0.2) is 71.5 Å². The van der Waals surface area contributed by atoms with Crippen LogP contribution in [0.4, 0.5) is 0 Å². The van der Waals surface area contributed by atoms with Crippen molar-refractivity contribution in [3.05, 3.63) is 88.5 Å². The Kier molecular flexibility index (Phi) is 2.97. The molecule has 22 heavy (non-hydrogen) atoms. The quantitative estimate of drug-likeness (QED) is 0.571. The number of benzene rings is 3. The molecule has 106 valence electrons. The minimum atomic E-state index is -0.0818. The molecule has 1 N–H and O–H groups in total. The van der Waals surface area contributed by atoms with Gasteiger partial charge in [0.15, 0.2) is 0 Å². The summed E-state index contributed by atoms with van der Waals surface area (Å²) >= 11 is 0. The van der Waals surface area contributed by atoms with Crippen molar-refractivity contribution in [2.24, 2.45) is 0 Å². The first-order chi connectivity index (χ1) is 10.8. The van der Waals surface area contributed by atoms with E-state index in [2.05, 4.69) is 4.98 Å². The molecule has 0 radical (unpaired) electrons. The zero-order valence-electron chi connectivity index (χ0n) is 11.9. The highest BCUT2D eigenvalue weighted by Crippen LogP contribution is 2.21. The first kappa shape index (κ1) is 12.8. The normalized spacial score (nSPS) is 11.1. The molecule has 0 fully saturated rings. The molecule has 3 heteroatoms. The Labute approximate surface area is 127 Å². The number of H-pyrrole nitrogens is 1. The van der Waals surface area contributed by atoms with E-state index in [0.29, 0.717) is 17.6 Å². The number of aromatic nitrogens is 2. The molecule has 1 aromatic heterocycles. The fourth-order valence-corrected chi connectivity index (χ4v) is 2.79. The van der Waals surface area contributed by atoms with Gasteiger partial charge in [-0.1, -0.05) is 60.7 Å². The van der Waals surface area contributed by atoms with Gasteiger partial charge in [0.05, 0.1) is 10.9 Å². The molecular weight excluding hydrogens is 272 g/mol. The van der Waals surface area contributed by atoms with Gasteiger partial charge in [0.1, 0.15) is 5.82 Å². The summed E-state index contributed by atoms with van der Waals surface area (Å²) in [6.45, 7) is 0. The van der Waals surface area contributed by atoms with Crippen molar-refractivity contribution in [1.82, 2.24) is 9.97 Å². The number of nitrogens with one attached hydrogen (secondary N) is 1. The van der Waals surface area contributed by atoms with Gasteiger partial charge >= 0.3 is 0 Å². The van der Waals surface area contributed by atoms with Gasteiger partial charge in [-0.25, -0.2) is 4.98 Å². The average molecular weight is 286 g/mol. The van der Waals surface area contributed by atoms with Crippen LogP contribution in [0.1, 0.15) is 11.4 Å². The molecule has 0 atom stereocenters. The van der Waals surface area contributed by atoms with Crippen LogP contribution in [0.2, 0.25) is 0 Å². The van der Waals surface area contributed by atoms with Crippen LogP contribution in [0, 0.1) is 0 Å². The lowest BCUT2D eigenvalue weighted by Gasteiger charge is -2.06. The first-order valence-electron chi connectivity index (χ1n) is 7.26. The smallest absolute Gasteiger partial charge is 0.258 e. The molecule has 1 heterocycles. The predicted molar refractivity (Wildman–Crippen MR) is 89.1 cm³/mol. The summed E-state index contributed by atoms with van der Waals surface area (Å²) in [6.07, 6.45) is 0.620. The van der Waals surface area contributed by atoms with Gasteiger partial charge in [-0.15, -0.1) is 0 Å². The third-order valence-electron chi connectivity index (χ3n) is 3.86. The number of aromatic amines is 1. The van der Waals surface area contributed by atoms with Gasteiger partial charge in [0, 0.05) is 11.8 Å². The largest absolute Gasteiger partial charge is 0.310 e. The Bertz CT molecular complexity index is 1020. The Morgan fingerprint density at radius 1 is 0.818 bits per heavy atom. The topological polar surface area (TPSA) is 45.8 Å². The number of rotatable bonds is 2. The molecule has 4 aromatic rings. The maximum atomic E-state index is 12.3. The zero-order chi connectivity index (χ0) is 14.9. The van der Waals surface area contributed by atoms with Crippen molar-refractivity contribution in [1.29, 1.82) is 0 Å². The van der Waals surface area contributed by atoms with Gasteiger partial charge in [0.2, 0.25) is 0 Å². The SMILES string of the molecule is O=c1[nH]c(Cc2ccccc2)nc2c1ccc1ccccc12. The fraction of sp³-hybridized carbons (Fsp3) is 0.0526. The summed E-state index contributed by atoms with van der Waals surface area (Å²) in [5.41, 5.74) is 1.82. The van der Waals surface area contributed by atoms with E-state index in [1.807, 2.05) is 66.7 Å². The van der Waals surface area contributed by atoms with Crippen LogP contribution in [-0.2, 0) is 6.42 Å². The summed E-state index contributed by atoms with van der Waals surface area (Å²) in [6, 6.07) is 21.8. The zero-order valence-corrected chi connectivity index (χ0v) is 11.9. The van der Waals surface area contributed by atoms with E-state index in [1.54, 1.807) is 0 Å². The van der Waals surface area contributed by atoms with E-state index in [0.717, 1.165) is 21.9 Å². The fourth-order valence-electron chi connectivity index (χ4n) is 2.79. The van der Waals surface area contributed by atoms with Gasteiger partial charge < -0.3 is 4.98 Å². The van der Waals surface area contributed by atoms with Crippen molar-refractivity contribution in [3.63, 3.8) is 0 Å². The Morgan fingerprint density at radius 3 is 2.45 bits per heavy atom. The molecule has 4 rings (SSSR count). The van der Waals surface area contributed by atoms with Gasteiger partial charge in [-0.05, 0) is 17.0 Å². The second kappa shape index (κ2) is 5.11. The lowest BCUT2D eigenvalue weighted by Crippen LogP contribution is -2.12. The molecule has 0 bridgehead atoms. The third kappa shape index (κ3) is 2.17. The van der Waals surface area contributed by atoms with Crippen molar-refractivity contribution in [2.75, 3.05) is 0 Å². The summed E-state index contributed by atoms with van der Waals surface area (Å²) in [5.74, 6) is 0.694. The Balaban J connectivity index is 1.94. The summed E-state index contributed by atoms with van der Waals surface area (Å²) in [5, 5.41) is 2.75. The number of hydrogen-bond donors (Lipinski definition) is 1. The standard InChI is InChI=1S/C19H14N2O/c22-19-16-11-10-14-8-4-5-9-15(14)18(16)20-17(21-19)12-13-6-2-1-3-7-13/h1-11H,12H2,(H,20,21,22). The molecule has 0 amide bonds. The van der Waals surface area contributed by atoms with E-state index in [4.69, 9.17) is 4.98 Å². The van der Waals surface area contributed by atoms with E-state index < -0.39 is 0 Å². The highest BCUT2D eigenvalue weighted by molar-refractivity contribution is 6.04. The molecule has 3 aromatic carbocycles. The van der Waals surface area contributed by atoms with Gasteiger partial charge in [-0.3, -0.25) is 4.79 Å². The first-order valence-corrected chi connectivity index (χ1v) is 7.26. The summed E-state index contributed by atoms with van der Waals surface area (Å²) < 4.78 is 0. The molecule has 0 spiro atoms. The molecule has 0 saturated carbocycles. The molecule has 0 saturated heterocycles. The summed E-state index contributed by atoms with van der Waals surface area (Å²) in [4.78, 5) is 19.9. The molecular formula is C19H14N2O. The highest BCUT2D eigenvalue weighted by atomic mass is 16.1. The summed E-state index contributed by atoms with van der Waals surface area (Å²) in [7, 11) is 0. The van der Waals surface area contributed by atoms with Crippen LogP contribution in [0.25, 0.3) is 21.7 Å². The second-order valence-corrected chi connectivity index (χ2v) is 5.36. The maximum absolute atomic E-state index is 12.3. The molecule has 0 unspecified atom stereocenters. The van der Waals surface area contributed by atoms with Crippen molar-refractivity contribution >= 4 is 21.7 Å². The van der Waals surface area contributed by atoms with Crippen molar-refractivity contribution in [3.8, 4) is 0 Å². The monoisotopic (exact) mass is 286 g/mol. The molecule has 3 nitrogen and oxygen atoms in total. The lowest BCUT2D eigenvalue weighted by atomic mass is 10.1. The maximum Gasteiger partial charge on any atom is 0.258 e. The highest BCUT2D eigenvalue weighted by Gasteiger charge is 2.07. The van der Waals surface area contributed by atoms with E-state index in [9.17, 15) is 4.79 Å².